The van der Waals surface area contributed by atoms with Crippen LogP contribution in [0.3, 0.4) is 0 Å². The van der Waals surface area contributed by atoms with Crippen molar-refractivity contribution in [2.45, 2.75) is 19.9 Å². The van der Waals surface area contributed by atoms with Gasteiger partial charge in [0.25, 0.3) is 0 Å². The third kappa shape index (κ3) is 5.37. The second kappa shape index (κ2) is 11.4. The molecule has 0 unspecified atom stereocenters. The van der Waals surface area contributed by atoms with Gasteiger partial charge in [0.2, 0.25) is 0 Å². The molecule has 3 aromatic rings. The Balaban J connectivity index is 0.00000320. The number of halogens is 1. The molecule has 0 heterocycles. The van der Waals surface area contributed by atoms with Crippen LogP contribution in [0.4, 0.5) is 0 Å². The summed E-state index contributed by atoms with van der Waals surface area (Å²) < 4.78 is 5.65. The van der Waals surface area contributed by atoms with Crippen LogP contribution in [-0.2, 0) is 9.53 Å². The summed E-state index contributed by atoms with van der Waals surface area (Å²) in [6, 6.07) is 31.1. The van der Waals surface area contributed by atoms with E-state index in [1.807, 2.05) is 32.0 Å². The fraction of sp³-hybridized carbons (Fsp3) is 0.240. The molecule has 0 spiro atoms. The number of esters is 1. The van der Waals surface area contributed by atoms with Gasteiger partial charge in [0.1, 0.15) is 42.0 Å². The molecule has 0 saturated carbocycles. The van der Waals surface area contributed by atoms with Crippen LogP contribution in [0.2, 0.25) is 0 Å². The van der Waals surface area contributed by atoms with E-state index in [1.165, 1.54) is 15.9 Å². The van der Waals surface area contributed by atoms with Crippen LogP contribution in [-0.4, -0.2) is 24.8 Å². The Hall–Kier alpha value is -2.00. The topological polar surface area (TPSA) is 52.3 Å². The highest BCUT2D eigenvalue weighted by atomic mass is 79.9. The van der Waals surface area contributed by atoms with Crippen LogP contribution in [0.5, 0.6) is 0 Å². The van der Waals surface area contributed by atoms with Gasteiger partial charge in [-0.25, -0.2) is 0 Å². The summed E-state index contributed by atoms with van der Waals surface area (Å²) >= 11 is 0. The van der Waals surface area contributed by atoms with Crippen LogP contribution in [0, 0.1) is 5.92 Å². The van der Waals surface area contributed by atoms with E-state index in [1.54, 1.807) is 0 Å². The van der Waals surface area contributed by atoms with Gasteiger partial charge in [0.15, 0.2) is 0 Å². The molecule has 1 atom stereocenters. The van der Waals surface area contributed by atoms with E-state index in [0.29, 0.717) is 6.61 Å². The molecule has 0 amide bonds. The summed E-state index contributed by atoms with van der Waals surface area (Å²) in [6.07, 6.45) is 0.738. The number of ether oxygens (including phenoxy) is 1. The minimum atomic E-state index is -1.98. The molecule has 0 fully saturated rings. The number of nitrogens with two attached hydrogens (primary N) is 1. The molecule has 0 aromatic heterocycles. The molecule has 30 heavy (non-hydrogen) atoms. The van der Waals surface area contributed by atoms with Gasteiger partial charge in [-0.15, -0.1) is 0 Å². The lowest BCUT2D eigenvalue weighted by Gasteiger charge is -2.27. The summed E-state index contributed by atoms with van der Waals surface area (Å²) in [5, 5.41) is 3.84. The number of carbonyl (C=O) groups excluding carboxylic acids is 1. The van der Waals surface area contributed by atoms with Crippen LogP contribution in [0.1, 0.15) is 13.8 Å². The normalized spacial score (nSPS) is 12.1. The Morgan fingerprint density at radius 2 is 1.17 bits per heavy atom. The zero-order valence-electron chi connectivity index (χ0n) is 17.4. The van der Waals surface area contributed by atoms with E-state index in [-0.39, 0.29) is 28.9 Å². The highest BCUT2D eigenvalue weighted by molar-refractivity contribution is 7.95. The number of carbonyl (C=O) groups is 1. The standard InChI is InChI=1S/C25H29NO2P.BrH/c1-20(2)24(26)25(27)28-18-19-29(21-12-6-3-7-13-21,22-14-8-4-9-15-22)23-16-10-5-11-17-23;/h3-17,20,24H,18-19,26H2,1-2H3;1H/q+1;/p-1/t24-;/m0./s1. The summed E-state index contributed by atoms with van der Waals surface area (Å²) in [4.78, 5) is 12.3. The predicted molar refractivity (Wildman–Crippen MR) is 124 cm³/mol. The Labute approximate surface area is 190 Å². The molecule has 0 radical (unpaired) electrons. The zero-order chi connectivity index (χ0) is 20.7. The molecule has 0 aliphatic rings. The van der Waals surface area contributed by atoms with Gasteiger partial charge in [-0.2, -0.15) is 0 Å². The molecule has 0 aliphatic heterocycles. The van der Waals surface area contributed by atoms with Gasteiger partial charge in [0.05, 0.1) is 0 Å². The monoisotopic (exact) mass is 485 g/mol. The first-order valence-electron chi connectivity index (χ1n) is 10.0. The minimum absolute atomic E-state index is 0. The summed E-state index contributed by atoms with van der Waals surface area (Å²) in [7, 11) is -1.98. The lowest BCUT2D eigenvalue weighted by molar-refractivity contribution is -0.145. The Morgan fingerprint density at radius 3 is 1.50 bits per heavy atom. The van der Waals surface area contributed by atoms with Crippen molar-refractivity contribution in [1.29, 1.82) is 0 Å². The van der Waals surface area contributed by atoms with E-state index in [4.69, 9.17) is 10.5 Å². The van der Waals surface area contributed by atoms with Crippen molar-refractivity contribution < 1.29 is 26.5 Å². The van der Waals surface area contributed by atoms with Crippen molar-refractivity contribution in [3.8, 4) is 0 Å². The molecule has 5 heteroatoms. The lowest BCUT2D eigenvalue weighted by atomic mass is 10.1. The van der Waals surface area contributed by atoms with E-state index in [9.17, 15) is 4.79 Å². The molecule has 2 N–H and O–H groups in total. The molecule has 0 aliphatic carbocycles. The summed E-state index contributed by atoms with van der Waals surface area (Å²) in [6.45, 7) is 4.20. The van der Waals surface area contributed by atoms with Gasteiger partial charge in [-0.05, 0) is 42.3 Å². The zero-order valence-corrected chi connectivity index (χ0v) is 19.9. The highest BCUT2D eigenvalue weighted by Gasteiger charge is 2.45. The SMILES string of the molecule is CC(C)[C@H](N)C(=O)OCC[P+](c1ccccc1)(c1ccccc1)c1ccccc1.[Br-]. The summed E-state index contributed by atoms with van der Waals surface area (Å²) in [5.41, 5.74) is 5.98. The molecule has 0 saturated heterocycles. The van der Waals surface area contributed by atoms with Crippen molar-refractivity contribution in [2.75, 3.05) is 12.8 Å². The quantitative estimate of drug-likeness (QED) is 0.373. The summed E-state index contributed by atoms with van der Waals surface area (Å²) in [5.74, 6) is -0.272. The average Bonchev–Trinajstić information content (AvgIpc) is 2.78. The van der Waals surface area contributed by atoms with Gasteiger partial charge in [-0.1, -0.05) is 68.4 Å². The van der Waals surface area contributed by atoms with Crippen molar-refractivity contribution >= 4 is 29.1 Å². The number of benzene rings is 3. The number of hydrogen-bond acceptors (Lipinski definition) is 3. The fourth-order valence-electron chi connectivity index (χ4n) is 3.53. The lowest BCUT2D eigenvalue weighted by Crippen LogP contribution is -3.00. The maximum Gasteiger partial charge on any atom is 0.323 e. The van der Waals surface area contributed by atoms with E-state index >= 15 is 0 Å². The fourth-order valence-corrected chi connectivity index (χ4v) is 7.61. The van der Waals surface area contributed by atoms with E-state index in [2.05, 4.69) is 72.8 Å². The van der Waals surface area contributed by atoms with E-state index in [0.717, 1.165) is 6.16 Å². The first-order chi connectivity index (χ1) is 14.1. The largest absolute Gasteiger partial charge is 1.00 e. The van der Waals surface area contributed by atoms with Gasteiger partial charge in [0, 0.05) is 0 Å². The van der Waals surface area contributed by atoms with Crippen LogP contribution < -0.4 is 38.6 Å². The van der Waals surface area contributed by atoms with Gasteiger partial charge in [-0.3, -0.25) is 4.79 Å². The van der Waals surface area contributed by atoms with Crippen molar-refractivity contribution in [3.63, 3.8) is 0 Å². The van der Waals surface area contributed by atoms with Crippen LogP contribution in [0.15, 0.2) is 91.0 Å². The van der Waals surface area contributed by atoms with Crippen LogP contribution >= 0.6 is 7.26 Å². The second-order valence-corrected chi connectivity index (χ2v) is 11.1. The smallest absolute Gasteiger partial charge is 0.323 e. The van der Waals surface area contributed by atoms with Crippen molar-refractivity contribution in [3.05, 3.63) is 91.0 Å². The van der Waals surface area contributed by atoms with Crippen molar-refractivity contribution in [1.82, 2.24) is 0 Å². The second-order valence-electron chi connectivity index (χ2n) is 7.48. The Bertz CT molecular complexity index is 808. The minimum Gasteiger partial charge on any atom is -1.00 e. The van der Waals surface area contributed by atoms with Gasteiger partial charge < -0.3 is 27.5 Å². The number of hydrogen-bond donors (Lipinski definition) is 1. The Morgan fingerprint density at radius 1 is 0.800 bits per heavy atom. The predicted octanol–water partition coefficient (Wildman–Crippen LogP) is 0.511. The molecule has 158 valence electrons. The first-order valence-corrected chi connectivity index (χ1v) is 12.0. The molecule has 0 bridgehead atoms. The van der Waals surface area contributed by atoms with Crippen molar-refractivity contribution in [2.24, 2.45) is 11.7 Å². The van der Waals surface area contributed by atoms with Crippen LogP contribution in [0.25, 0.3) is 0 Å². The average molecular weight is 486 g/mol. The maximum atomic E-state index is 12.3. The third-order valence-electron chi connectivity index (χ3n) is 5.25. The van der Waals surface area contributed by atoms with E-state index < -0.39 is 13.3 Å². The highest BCUT2D eigenvalue weighted by Crippen LogP contribution is 2.54. The molecule has 3 rings (SSSR count). The molecule has 3 nitrogen and oxygen atoms in total. The molecular formula is C25H29BrNO2P. The molecule has 3 aromatic carbocycles. The first kappa shape index (κ1) is 24.3. The Kier molecular flexibility index (Phi) is 9.23. The third-order valence-corrected chi connectivity index (χ3v) is 9.64. The van der Waals surface area contributed by atoms with Gasteiger partial charge >= 0.3 is 5.97 Å². The number of rotatable bonds is 8. The maximum absolute atomic E-state index is 12.3. The molecular weight excluding hydrogens is 457 g/mol.